The van der Waals surface area contributed by atoms with Crippen LogP contribution in [0.3, 0.4) is 0 Å². The first-order valence-electron chi connectivity index (χ1n) is 11.1. The number of nitrogens with zero attached hydrogens (tertiary/aromatic N) is 4. The van der Waals surface area contributed by atoms with Crippen molar-refractivity contribution in [1.29, 1.82) is 0 Å². The topological polar surface area (TPSA) is 76.8 Å². The lowest BCUT2D eigenvalue weighted by atomic mass is 9.97. The number of carbonyl (C=O) groups excluding carboxylic acids is 1. The fourth-order valence-electron chi connectivity index (χ4n) is 4.36. The highest BCUT2D eigenvalue weighted by Gasteiger charge is 2.31. The van der Waals surface area contributed by atoms with Gasteiger partial charge < -0.3 is 14.3 Å². The Labute approximate surface area is 220 Å². The van der Waals surface area contributed by atoms with Crippen molar-refractivity contribution >= 4 is 57.8 Å². The lowest BCUT2D eigenvalue weighted by Crippen LogP contribution is -2.41. The second-order valence-corrected chi connectivity index (χ2v) is 10.7. The molecule has 0 aliphatic carbocycles. The van der Waals surface area contributed by atoms with Gasteiger partial charge in [-0.2, -0.15) is 0 Å². The van der Waals surface area contributed by atoms with Crippen molar-refractivity contribution in [2.24, 2.45) is 5.16 Å². The van der Waals surface area contributed by atoms with E-state index in [1.807, 2.05) is 10.3 Å². The highest BCUT2D eigenvalue weighted by molar-refractivity contribution is 7.10. The fourth-order valence-corrected chi connectivity index (χ4v) is 6.43. The third-order valence-corrected chi connectivity index (χ3v) is 8.10. The van der Waals surface area contributed by atoms with E-state index in [0.29, 0.717) is 40.1 Å². The number of amides is 1. The van der Waals surface area contributed by atoms with Crippen LogP contribution in [-0.4, -0.2) is 39.2 Å². The number of hydrogen-bond acceptors (Lipinski definition) is 6. The Morgan fingerprint density at radius 3 is 2.60 bits per heavy atom. The smallest absolute Gasteiger partial charge is 0.250 e. The number of thiazole rings is 1. The number of pyridine rings is 1. The Hall–Kier alpha value is -2.39. The molecule has 2 aliphatic heterocycles. The lowest BCUT2D eigenvalue weighted by molar-refractivity contribution is -0.132. The number of piperidine rings is 1. The standard InChI is InChI=1S/C24H21Cl3N4O3S/c25-15-9-16(26)23(17(27)10-15)20-11-18(29-34-20)19-13-35-24(28-19)14-4-7-30(8-5-14)22(33)12-31-6-2-1-3-21(31)32/h1-3,6,9-10,13-14,20H,4-5,7-8,11-12H2. The second kappa shape index (κ2) is 10.3. The summed E-state index contributed by atoms with van der Waals surface area (Å²) in [4.78, 5) is 36.8. The summed E-state index contributed by atoms with van der Waals surface area (Å²) in [5.41, 5.74) is 2.03. The molecule has 0 radical (unpaired) electrons. The number of oxime groups is 1. The van der Waals surface area contributed by atoms with Crippen LogP contribution in [0.4, 0.5) is 0 Å². The van der Waals surface area contributed by atoms with Crippen LogP contribution in [0.2, 0.25) is 15.1 Å². The van der Waals surface area contributed by atoms with Crippen molar-refractivity contribution in [3.63, 3.8) is 0 Å². The molecule has 0 spiro atoms. The average Bonchev–Trinajstić information content (AvgIpc) is 3.50. The Balaban J connectivity index is 1.19. The first-order chi connectivity index (χ1) is 16.9. The molecule has 1 amide bonds. The molecule has 11 heteroatoms. The zero-order valence-corrected chi connectivity index (χ0v) is 21.6. The van der Waals surface area contributed by atoms with E-state index < -0.39 is 6.10 Å². The number of hydrogen-bond donors (Lipinski definition) is 0. The summed E-state index contributed by atoms with van der Waals surface area (Å²) in [5.74, 6) is 0.232. The monoisotopic (exact) mass is 550 g/mol. The van der Waals surface area contributed by atoms with E-state index in [1.165, 1.54) is 10.6 Å². The number of halogens is 3. The summed E-state index contributed by atoms with van der Waals surface area (Å²) in [5, 5.41) is 8.62. The summed E-state index contributed by atoms with van der Waals surface area (Å²) in [7, 11) is 0. The molecule has 182 valence electrons. The summed E-state index contributed by atoms with van der Waals surface area (Å²) >= 11 is 20.3. The van der Waals surface area contributed by atoms with Crippen molar-refractivity contribution in [1.82, 2.24) is 14.5 Å². The number of benzene rings is 1. The molecule has 1 unspecified atom stereocenters. The largest absolute Gasteiger partial charge is 0.387 e. The van der Waals surface area contributed by atoms with Gasteiger partial charge in [-0.15, -0.1) is 11.3 Å². The van der Waals surface area contributed by atoms with Gasteiger partial charge in [0, 0.05) is 53.7 Å². The fraction of sp³-hybridized carbons (Fsp3) is 0.333. The first kappa shape index (κ1) is 24.3. The summed E-state index contributed by atoms with van der Waals surface area (Å²) < 4.78 is 1.43. The van der Waals surface area contributed by atoms with Gasteiger partial charge in [-0.1, -0.05) is 46.0 Å². The van der Waals surface area contributed by atoms with Crippen molar-refractivity contribution in [3.05, 3.63) is 83.6 Å². The van der Waals surface area contributed by atoms with Gasteiger partial charge in [0.2, 0.25) is 5.91 Å². The molecule has 5 rings (SSSR count). The van der Waals surface area contributed by atoms with Gasteiger partial charge in [0.25, 0.3) is 5.56 Å². The number of rotatable bonds is 5. The van der Waals surface area contributed by atoms with Crippen LogP contribution >= 0.6 is 46.1 Å². The van der Waals surface area contributed by atoms with Crippen LogP contribution in [0, 0.1) is 0 Å². The summed E-state index contributed by atoms with van der Waals surface area (Å²) in [6.07, 6.45) is 3.40. The van der Waals surface area contributed by atoms with E-state index in [4.69, 9.17) is 44.6 Å². The van der Waals surface area contributed by atoms with Crippen molar-refractivity contribution in [2.45, 2.75) is 37.8 Å². The quantitative estimate of drug-likeness (QED) is 0.417. The maximum Gasteiger partial charge on any atom is 0.250 e. The molecule has 0 N–H and O–H groups in total. The Morgan fingerprint density at radius 2 is 1.89 bits per heavy atom. The summed E-state index contributed by atoms with van der Waals surface area (Å²) in [6.45, 7) is 1.34. The molecule has 1 saturated heterocycles. The maximum atomic E-state index is 12.7. The molecule has 1 fully saturated rings. The highest BCUT2D eigenvalue weighted by atomic mass is 35.5. The zero-order chi connectivity index (χ0) is 24.5. The molecule has 2 aromatic heterocycles. The molecular formula is C24H21Cl3N4O3S. The molecule has 0 bridgehead atoms. The molecular weight excluding hydrogens is 531 g/mol. The number of likely N-dealkylation sites (tertiary alicyclic amines) is 1. The van der Waals surface area contributed by atoms with Crippen LogP contribution in [-0.2, 0) is 16.2 Å². The van der Waals surface area contributed by atoms with Crippen LogP contribution < -0.4 is 5.56 Å². The Bertz CT molecular complexity index is 1320. The lowest BCUT2D eigenvalue weighted by Gasteiger charge is -2.31. The highest BCUT2D eigenvalue weighted by Crippen LogP contribution is 2.40. The van der Waals surface area contributed by atoms with Gasteiger partial charge >= 0.3 is 0 Å². The minimum Gasteiger partial charge on any atom is -0.387 e. The first-order valence-corrected chi connectivity index (χ1v) is 13.2. The normalized spacial score (nSPS) is 18.4. The van der Waals surface area contributed by atoms with E-state index in [-0.39, 0.29) is 23.9 Å². The number of carbonyl (C=O) groups is 1. The summed E-state index contributed by atoms with van der Waals surface area (Å²) in [6, 6.07) is 8.16. The van der Waals surface area contributed by atoms with Crippen LogP contribution in [0.1, 0.15) is 47.5 Å². The maximum absolute atomic E-state index is 12.7. The van der Waals surface area contributed by atoms with E-state index in [0.717, 1.165) is 29.3 Å². The second-order valence-electron chi connectivity index (χ2n) is 8.51. The van der Waals surface area contributed by atoms with Gasteiger partial charge in [0.15, 0.2) is 6.10 Å². The van der Waals surface area contributed by atoms with Gasteiger partial charge in [-0.3, -0.25) is 9.59 Å². The van der Waals surface area contributed by atoms with Gasteiger partial charge in [0.1, 0.15) is 12.3 Å². The Morgan fingerprint density at radius 1 is 1.14 bits per heavy atom. The van der Waals surface area contributed by atoms with E-state index in [1.54, 1.807) is 41.8 Å². The van der Waals surface area contributed by atoms with Gasteiger partial charge in [-0.05, 0) is 31.0 Å². The molecule has 7 nitrogen and oxygen atoms in total. The van der Waals surface area contributed by atoms with Crippen molar-refractivity contribution in [3.8, 4) is 0 Å². The molecule has 1 aromatic carbocycles. The number of aromatic nitrogens is 2. The SMILES string of the molecule is O=C(Cn1ccccc1=O)N1CCC(c2nc(C3=NOC(c4c(Cl)cc(Cl)cc4Cl)C3)cs2)CC1. The van der Waals surface area contributed by atoms with E-state index in [2.05, 4.69) is 5.16 Å². The Kier molecular flexibility index (Phi) is 7.16. The third kappa shape index (κ3) is 5.26. The van der Waals surface area contributed by atoms with Crippen molar-refractivity contribution in [2.75, 3.05) is 13.1 Å². The molecule has 3 aromatic rings. The van der Waals surface area contributed by atoms with Crippen LogP contribution in [0.25, 0.3) is 0 Å². The third-order valence-electron chi connectivity index (χ3n) is 6.25. The molecule has 4 heterocycles. The zero-order valence-electron chi connectivity index (χ0n) is 18.5. The van der Waals surface area contributed by atoms with Gasteiger partial charge in [-0.25, -0.2) is 4.98 Å². The molecule has 1 atom stereocenters. The average molecular weight is 552 g/mol. The van der Waals surface area contributed by atoms with Gasteiger partial charge in [0.05, 0.1) is 20.7 Å². The minimum absolute atomic E-state index is 0.0420. The predicted molar refractivity (Wildman–Crippen MR) is 138 cm³/mol. The van der Waals surface area contributed by atoms with E-state index in [9.17, 15) is 9.59 Å². The minimum atomic E-state index is -0.390. The van der Waals surface area contributed by atoms with E-state index >= 15 is 0 Å². The molecule has 35 heavy (non-hydrogen) atoms. The predicted octanol–water partition coefficient (Wildman–Crippen LogP) is 5.54. The van der Waals surface area contributed by atoms with Crippen molar-refractivity contribution < 1.29 is 9.63 Å². The van der Waals surface area contributed by atoms with Crippen LogP contribution in [0.15, 0.2) is 51.9 Å². The molecule has 0 saturated carbocycles. The van der Waals surface area contributed by atoms with Crippen LogP contribution in [0.5, 0.6) is 0 Å². The molecule has 2 aliphatic rings.